The number of rotatable bonds is 4. The number of nitrogens with zero attached hydrogens (tertiary/aromatic N) is 1. The van der Waals surface area contributed by atoms with Crippen molar-refractivity contribution in [3.05, 3.63) is 51.9 Å². The fourth-order valence-electron chi connectivity index (χ4n) is 1.90. The Morgan fingerprint density at radius 1 is 1.24 bits per heavy atom. The molecule has 2 rings (SSSR count). The molecule has 0 fully saturated rings. The van der Waals surface area contributed by atoms with E-state index in [4.69, 9.17) is 20.9 Å². The van der Waals surface area contributed by atoms with Gasteiger partial charge in [0.2, 0.25) is 5.78 Å². The topological polar surface area (TPSA) is 69.4 Å². The van der Waals surface area contributed by atoms with Crippen LogP contribution in [0.1, 0.15) is 39.1 Å². The lowest BCUT2D eigenvalue weighted by molar-refractivity contribution is 0.0316. The van der Waals surface area contributed by atoms with E-state index in [0.29, 0.717) is 22.0 Å². The first-order valence-corrected chi connectivity index (χ1v) is 6.71. The minimum absolute atomic E-state index is 0.255. The van der Waals surface area contributed by atoms with Gasteiger partial charge in [-0.2, -0.15) is 0 Å². The Bertz CT molecular complexity index is 656. The van der Waals surface area contributed by atoms with Gasteiger partial charge in [0.1, 0.15) is 11.3 Å². The van der Waals surface area contributed by atoms with Gasteiger partial charge < -0.3 is 9.26 Å². The van der Waals surface area contributed by atoms with Gasteiger partial charge >= 0.3 is 5.97 Å². The molecule has 1 aromatic carbocycles. The molecule has 0 aliphatic rings. The second-order valence-corrected chi connectivity index (χ2v) is 5.05. The summed E-state index contributed by atoms with van der Waals surface area (Å²) in [6.45, 7) is 4.77. The molecule has 5 nitrogen and oxygen atoms in total. The largest absolute Gasteiger partial charge is 0.451 e. The van der Waals surface area contributed by atoms with Crippen LogP contribution in [0.3, 0.4) is 0 Å². The Labute approximate surface area is 126 Å². The number of hydrogen-bond donors (Lipinski definition) is 0. The van der Waals surface area contributed by atoms with Crippen molar-refractivity contribution in [2.45, 2.75) is 26.9 Å². The highest BCUT2D eigenvalue weighted by Crippen LogP contribution is 2.16. The van der Waals surface area contributed by atoms with E-state index < -0.39 is 12.1 Å². The maximum atomic E-state index is 12.2. The second kappa shape index (κ2) is 6.10. The van der Waals surface area contributed by atoms with Crippen LogP contribution in [-0.2, 0) is 4.74 Å². The van der Waals surface area contributed by atoms with E-state index in [-0.39, 0.29) is 11.3 Å². The van der Waals surface area contributed by atoms with Crippen molar-refractivity contribution >= 4 is 23.4 Å². The van der Waals surface area contributed by atoms with Gasteiger partial charge in [-0.15, -0.1) is 0 Å². The molecule has 0 aliphatic heterocycles. The number of ketones is 1. The van der Waals surface area contributed by atoms with Gasteiger partial charge in [-0.05, 0) is 45.0 Å². The zero-order chi connectivity index (χ0) is 15.6. The highest BCUT2D eigenvalue weighted by atomic mass is 35.5. The third-order valence-electron chi connectivity index (χ3n) is 3.02. The molecule has 0 amide bonds. The van der Waals surface area contributed by atoms with Crippen LogP contribution in [0.4, 0.5) is 0 Å². The molecule has 110 valence electrons. The number of aromatic nitrogens is 1. The number of esters is 1. The summed E-state index contributed by atoms with van der Waals surface area (Å²) in [4.78, 5) is 24.2. The van der Waals surface area contributed by atoms with Crippen LogP contribution in [-0.4, -0.2) is 23.0 Å². The minimum Gasteiger partial charge on any atom is -0.451 e. The number of halogens is 1. The van der Waals surface area contributed by atoms with Crippen LogP contribution in [0.2, 0.25) is 5.02 Å². The van der Waals surface area contributed by atoms with E-state index in [1.165, 1.54) is 6.92 Å². The third-order valence-corrected chi connectivity index (χ3v) is 3.27. The molecule has 0 unspecified atom stereocenters. The highest BCUT2D eigenvalue weighted by Gasteiger charge is 2.24. The molecule has 0 radical (unpaired) electrons. The van der Waals surface area contributed by atoms with Crippen molar-refractivity contribution in [3.8, 4) is 0 Å². The number of hydrogen-bond acceptors (Lipinski definition) is 5. The van der Waals surface area contributed by atoms with E-state index in [2.05, 4.69) is 5.16 Å². The second-order valence-electron chi connectivity index (χ2n) is 4.62. The summed E-state index contributed by atoms with van der Waals surface area (Å²) in [7, 11) is 0. The van der Waals surface area contributed by atoms with Crippen LogP contribution < -0.4 is 0 Å². The fourth-order valence-corrected chi connectivity index (χ4v) is 2.02. The van der Waals surface area contributed by atoms with Gasteiger partial charge in [0, 0.05) is 10.6 Å². The summed E-state index contributed by atoms with van der Waals surface area (Å²) in [6.07, 6.45) is -0.910. The average molecular weight is 308 g/mol. The van der Waals surface area contributed by atoms with E-state index in [1.807, 2.05) is 0 Å². The van der Waals surface area contributed by atoms with Gasteiger partial charge in [0.05, 0.1) is 5.69 Å². The van der Waals surface area contributed by atoms with Crippen molar-refractivity contribution in [1.82, 2.24) is 5.16 Å². The average Bonchev–Trinajstić information content (AvgIpc) is 2.78. The Hall–Kier alpha value is -2.14. The Kier molecular flexibility index (Phi) is 4.43. The first-order valence-electron chi connectivity index (χ1n) is 6.33. The number of Topliss-reactive ketones (excluding diaryl/α,β-unsaturated/α-hetero) is 1. The van der Waals surface area contributed by atoms with Crippen molar-refractivity contribution in [3.63, 3.8) is 0 Å². The Balaban J connectivity index is 2.11. The van der Waals surface area contributed by atoms with E-state index >= 15 is 0 Å². The molecule has 0 saturated heterocycles. The summed E-state index contributed by atoms with van der Waals surface area (Å²) < 4.78 is 10.1. The van der Waals surface area contributed by atoms with Gasteiger partial charge in [0.25, 0.3) is 0 Å². The summed E-state index contributed by atoms with van der Waals surface area (Å²) in [5.74, 6) is -0.559. The number of ether oxygens (including phenoxy) is 1. The lowest BCUT2D eigenvalue weighted by atomic mass is 10.1. The van der Waals surface area contributed by atoms with Crippen LogP contribution >= 0.6 is 11.6 Å². The SMILES string of the molecule is Cc1noc(C)c1C(=O)O[C@H](C)C(=O)c1ccc(Cl)cc1. The number of carbonyl (C=O) groups is 2. The first kappa shape index (κ1) is 15.3. The number of benzene rings is 1. The van der Waals surface area contributed by atoms with Gasteiger partial charge in [0.15, 0.2) is 6.10 Å². The molecule has 0 aliphatic carbocycles. The molecule has 2 aromatic rings. The first-order chi connectivity index (χ1) is 9.90. The summed E-state index contributed by atoms with van der Waals surface area (Å²) in [6, 6.07) is 6.39. The third kappa shape index (κ3) is 3.31. The minimum atomic E-state index is -0.910. The Morgan fingerprint density at radius 2 is 1.86 bits per heavy atom. The van der Waals surface area contributed by atoms with Crippen molar-refractivity contribution < 1.29 is 18.8 Å². The number of aryl methyl sites for hydroxylation is 2. The predicted molar refractivity (Wildman–Crippen MR) is 76.6 cm³/mol. The molecule has 21 heavy (non-hydrogen) atoms. The smallest absolute Gasteiger partial charge is 0.344 e. The molecular formula is C15H14ClNO4. The van der Waals surface area contributed by atoms with Gasteiger partial charge in [-0.3, -0.25) is 4.79 Å². The predicted octanol–water partition coefficient (Wildman–Crippen LogP) is 3.37. The van der Waals surface area contributed by atoms with Crippen LogP contribution in [0.5, 0.6) is 0 Å². The van der Waals surface area contributed by atoms with Crippen LogP contribution in [0.25, 0.3) is 0 Å². The molecule has 0 N–H and O–H groups in total. The van der Waals surface area contributed by atoms with Gasteiger partial charge in [-0.1, -0.05) is 16.8 Å². The maximum absolute atomic E-state index is 12.2. The maximum Gasteiger partial charge on any atom is 0.344 e. The van der Waals surface area contributed by atoms with Crippen LogP contribution in [0, 0.1) is 13.8 Å². The van der Waals surface area contributed by atoms with E-state index in [9.17, 15) is 9.59 Å². The standard InChI is InChI=1S/C15H14ClNO4/c1-8-13(9(2)21-17-8)15(19)20-10(3)14(18)11-4-6-12(16)7-5-11/h4-7,10H,1-3H3/t10-/m1/s1. The fraction of sp³-hybridized carbons (Fsp3) is 0.267. The molecule has 0 saturated carbocycles. The highest BCUT2D eigenvalue weighted by molar-refractivity contribution is 6.30. The van der Waals surface area contributed by atoms with Gasteiger partial charge in [-0.25, -0.2) is 4.79 Å². The molecule has 1 atom stereocenters. The quantitative estimate of drug-likeness (QED) is 0.640. The molecule has 1 aromatic heterocycles. The monoisotopic (exact) mass is 307 g/mol. The van der Waals surface area contributed by atoms with Crippen molar-refractivity contribution in [2.75, 3.05) is 0 Å². The zero-order valence-corrected chi connectivity index (χ0v) is 12.6. The van der Waals surface area contributed by atoms with E-state index in [1.54, 1.807) is 38.1 Å². The molecule has 6 heteroatoms. The normalized spacial score (nSPS) is 12.0. The molecule has 1 heterocycles. The molecule has 0 spiro atoms. The molecule has 0 bridgehead atoms. The summed E-state index contributed by atoms with van der Waals surface area (Å²) >= 11 is 5.77. The summed E-state index contributed by atoms with van der Waals surface area (Å²) in [5, 5.41) is 4.22. The van der Waals surface area contributed by atoms with E-state index in [0.717, 1.165) is 0 Å². The van der Waals surface area contributed by atoms with Crippen molar-refractivity contribution in [2.24, 2.45) is 0 Å². The lowest BCUT2D eigenvalue weighted by Crippen LogP contribution is -2.24. The summed E-state index contributed by atoms with van der Waals surface area (Å²) in [5.41, 5.74) is 1.12. The Morgan fingerprint density at radius 3 is 2.38 bits per heavy atom. The number of carbonyl (C=O) groups excluding carboxylic acids is 2. The van der Waals surface area contributed by atoms with Crippen molar-refractivity contribution in [1.29, 1.82) is 0 Å². The zero-order valence-electron chi connectivity index (χ0n) is 11.8. The molecular weight excluding hydrogens is 294 g/mol. The lowest BCUT2D eigenvalue weighted by Gasteiger charge is -2.12. The van der Waals surface area contributed by atoms with Crippen LogP contribution in [0.15, 0.2) is 28.8 Å².